The lowest BCUT2D eigenvalue weighted by Crippen LogP contribution is -2.40. The zero-order valence-corrected chi connectivity index (χ0v) is 16.1. The van der Waals surface area contributed by atoms with E-state index in [2.05, 4.69) is 49.1 Å². The molecule has 0 radical (unpaired) electrons. The van der Waals surface area contributed by atoms with Gasteiger partial charge in [-0.05, 0) is 79.6 Å². The van der Waals surface area contributed by atoms with Crippen molar-refractivity contribution in [3.63, 3.8) is 0 Å². The number of phenolic OH excluding ortho intramolecular Hbond substituents is 1. The molecule has 0 unspecified atom stereocenters. The molecule has 1 aromatic rings. The molecule has 0 spiro atoms. The lowest BCUT2D eigenvalue weighted by Gasteiger charge is -2.37. The molecule has 2 bridgehead atoms. The van der Waals surface area contributed by atoms with Crippen LogP contribution in [0.2, 0.25) is 0 Å². The number of hydrazone groups is 1. The van der Waals surface area contributed by atoms with Gasteiger partial charge in [0, 0.05) is 0 Å². The van der Waals surface area contributed by atoms with E-state index in [4.69, 9.17) is 0 Å². The van der Waals surface area contributed by atoms with E-state index in [0.29, 0.717) is 26.3 Å². The highest BCUT2D eigenvalue weighted by molar-refractivity contribution is 9.11. The first-order valence-electron chi connectivity index (χ1n) is 8.25. The number of hydrogen-bond donors (Lipinski definition) is 1. The number of nitrogens with zero attached hydrogens (tertiary/aromatic N) is 2. The van der Waals surface area contributed by atoms with Crippen molar-refractivity contribution in [3.05, 3.63) is 38.8 Å². The number of allylic oxidation sites excluding steroid dienone is 2. The summed E-state index contributed by atoms with van der Waals surface area (Å²) in [4.78, 5) is 25.6. The van der Waals surface area contributed by atoms with Crippen LogP contribution in [0.25, 0.3) is 0 Å². The summed E-state index contributed by atoms with van der Waals surface area (Å²) in [6.45, 7) is 0. The number of imide groups is 1. The first-order chi connectivity index (χ1) is 12.0. The molecule has 6 atom stereocenters. The van der Waals surface area contributed by atoms with Gasteiger partial charge in [-0.25, -0.2) is 0 Å². The van der Waals surface area contributed by atoms with Gasteiger partial charge in [-0.1, -0.05) is 12.2 Å². The van der Waals surface area contributed by atoms with Gasteiger partial charge >= 0.3 is 0 Å². The SMILES string of the molecule is O=C1[C@@H]2[C@H]3C=C[C@@H]([C@@H]4C[C@H]34)[C@H]2C(=O)N1N=Cc1cc(Br)c(O)c(Br)c1. The summed E-state index contributed by atoms with van der Waals surface area (Å²) >= 11 is 6.52. The van der Waals surface area contributed by atoms with Crippen LogP contribution in [0.5, 0.6) is 5.75 Å². The van der Waals surface area contributed by atoms with Crippen LogP contribution in [-0.2, 0) is 9.59 Å². The highest BCUT2D eigenvalue weighted by Crippen LogP contribution is 2.65. The second-order valence-electron chi connectivity index (χ2n) is 7.22. The molecular weight excluding hydrogens is 452 g/mol. The Morgan fingerprint density at radius 3 is 2.08 bits per heavy atom. The van der Waals surface area contributed by atoms with Crippen LogP contribution in [0.1, 0.15) is 12.0 Å². The lowest BCUT2D eigenvalue weighted by atomic mass is 9.63. The van der Waals surface area contributed by atoms with Crippen LogP contribution >= 0.6 is 31.9 Å². The van der Waals surface area contributed by atoms with Gasteiger partial charge in [-0.2, -0.15) is 10.1 Å². The van der Waals surface area contributed by atoms with Crippen LogP contribution < -0.4 is 0 Å². The number of amides is 2. The van der Waals surface area contributed by atoms with Crippen molar-refractivity contribution in [1.82, 2.24) is 5.01 Å². The molecule has 5 nitrogen and oxygen atoms in total. The Labute approximate surface area is 161 Å². The van der Waals surface area contributed by atoms with E-state index < -0.39 is 0 Å². The number of rotatable bonds is 2. The Bertz CT molecular complexity index is 822. The van der Waals surface area contributed by atoms with E-state index in [1.54, 1.807) is 12.1 Å². The van der Waals surface area contributed by atoms with Crippen LogP contribution in [0.3, 0.4) is 0 Å². The average Bonchev–Trinajstić information content (AvgIpc) is 3.37. The largest absolute Gasteiger partial charge is 0.506 e. The van der Waals surface area contributed by atoms with Gasteiger partial charge in [-0.3, -0.25) is 9.59 Å². The monoisotopic (exact) mass is 464 g/mol. The molecule has 0 aromatic heterocycles. The van der Waals surface area contributed by atoms with Crippen LogP contribution in [0.4, 0.5) is 0 Å². The summed E-state index contributed by atoms with van der Waals surface area (Å²) in [7, 11) is 0. The Balaban J connectivity index is 1.45. The van der Waals surface area contributed by atoms with Gasteiger partial charge in [0.2, 0.25) is 0 Å². The molecule has 6 rings (SSSR count). The minimum Gasteiger partial charge on any atom is -0.506 e. The topological polar surface area (TPSA) is 70.0 Å². The summed E-state index contributed by atoms with van der Waals surface area (Å²) in [5, 5.41) is 15.0. The first kappa shape index (κ1) is 15.8. The highest BCUT2D eigenvalue weighted by atomic mass is 79.9. The number of benzene rings is 1. The van der Waals surface area contributed by atoms with Crippen molar-refractivity contribution in [2.75, 3.05) is 0 Å². The molecule has 25 heavy (non-hydrogen) atoms. The number of halogens is 2. The van der Waals surface area contributed by atoms with E-state index in [1.165, 1.54) is 6.21 Å². The molecule has 4 aliphatic carbocycles. The fraction of sp³-hybridized carbons (Fsp3) is 0.389. The molecular formula is C18H14Br2N2O3. The van der Waals surface area contributed by atoms with E-state index in [9.17, 15) is 14.7 Å². The Kier molecular flexibility index (Phi) is 3.32. The number of phenols is 1. The molecule has 1 N–H and O–H groups in total. The van der Waals surface area contributed by atoms with Crippen LogP contribution in [0.15, 0.2) is 38.3 Å². The van der Waals surface area contributed by atoms with Crippen molar-refractivity contribution in [1.29, 1.82) is 0 Å². The molecule has 2 saturated carbocycles. The van der Waals surface area contributed by atoms with E-state index in [-0.39, 0.29) is 41.2 Å². The Hall–Kier alpha value is -1.47. The predicted octanol–water partition coefficient (Wildman–Crippen LogP) is 3.30. The Morgan fingerprint density at radius 1 is 1.04 bits per heavy atom. The maximum atomic E-state index is 12.8. The van der Waals surface area contributed by atoms with Gasteiger partial charge in [0.25, 0.3) is 11.8 Å². The van der Waals surface area contributed by atoms with E-state index >= 15 is 0 Å². The third kappa shape index (κ3) is 2.15. The molecule has 7 heteroatoms. The standard InChI is InChI=1S/C18H14Br2N2O3/c19-12-3-7(4-13(20)16(12)23)6-21-22-17(24)14-8-1-2-9(11-5-10(8)11)15(14)18(22)25/h1-4,6,8-11,14-15,23H,5H2/t8-,9-,10-,11+,14+,15+/m0/s1. The molecule has 1 aromatic carbocycles. The van der Waals surface area contributed by atoms with Crippen molar-refractivity contribution in [2.45, 2.75) is 6.42 Å². The number of aromatic hydroxyl groups is 1. The average molecular weight is 466 g/mol. The molecule has 5 aliphatic rings. The Morgan fingerprint density at radius 2 is 1.56 bits per heavy atom. The molecule has 1 heterocycles. The third-order valence-corrected chi connectivity index (χ3v) is 7.21. The minimum absolute atomic E-state index is 0.0957. The number of carbonyl (C=O) groups excluding carboxylic acids is 2. The summed E-state index contributed by atoms with van der Waals surface area (Å²) < 4.78 is 1.02. The lowest BCUT2D eigenvalue weighted by molar-refractivity contribution is -0.140. The normalized spacial score (nSPS) is 37.8. The summed E-state index contributed by atoms with van der Waals surface area (Å²) in [5.74, 6) is 0.853. The maximum absolute atomic E-state index is 12.8. The zero-order valence-electron chi connectivity index (χ0n) is 13.0. The maximum Gasteiger partial charge on any atom is 0.254 e. The van der Waals surface area contributed by atoms with Crippen LogP contribution in [0, 0.1) is 35.5 Å². The van der Waals surface area contributed by atoms with Gasteiger partial charge in [0.05, 0.1) is 27.0 Å². The van der Waals surface area contributed by atoms with Crippen molar-refractivity contribution in [2.24, 2.45) is 40.6 Å². The van der Waals surface area contributed by atoms with E-state index in [0.717, 1.165) is 11.4 Å². The molecule has 1 saturated heterocycles. The number of carbonyl (C=O) groups is 2. The number of hydrogen-bond acceptors (Lipinski definition) is 4. The fourth-order valence-corrected chi connectivity index (χ4v) is 6.06. The molecule has 3 fully saturated rings. The molecule has 1 aliphatic heterocycles. The van der Waals surface area contributed by atoms with Gasteiger partial charge < -0.3 is 5.11 Å². The van der Waals surface area contributed by atoms with Crippen molar-refractivity contribution in [3.8, 4) is 5.75 Å². The second-order valence-corrected chi connectivity index (χ2v) is 8.93. The van der Waals surface area contributed by atoms with E-state index in [1.807, 2.05) is 0 Å². The first-order valence-corrected chi connectivity index (χ1v) is 9.84. The summed E-state index contributed by atoms with van der Waals surface area (Å²) in [6.07, 6.45) is 6.92. The molecule has 128 valence electrons. The molecule has 2 amide bonds. The second kappa shape index (κ2) is 5.27. The quantitative estimate of drug-likeness (QED) is 0.414. The highest BCUT2D eigenvalue weighted by Gasteiger charge is 2.67. The van der Waals surface area contributed by atoms with Gasteiger partial charge in [0.1, 0.15) is 5.75 Å². The van der Waals surface area contributed by atoms with Crippen LogP contribution in [-0.4, -0.2) is 28.1 Å². The van der Waals surface area contributed by atoms with Gasteiger partial charge in [0.15, 0.2) is 0 Å². The van der Waals surface area contributed by atoms with Crippen molar-refractivity contribution >= 4 is 49.9 Å². The fourth-order valence-electron chi connectivity index (χ4n) is 4.84. The minimum atomic E-state index is -0.235. The van der Waals surface area contributed by atoms with Gasteiger partial charge in [-0.15, -0.1) is 0 Å². The smallest absolute Gasteiger partial charge is 0.254 e. The van der Waals surface area contributed by atoms with Crippen molar-refractivity contribution < 1.29 is 14.7 Å². The zero-order chi connectivity index (χ0) is 17.5. The third-order valence-electron chi connectivity index (χ3n) is 6.00. The predicted molar refractivity (Wildman–Crippen MR) is 97.7 cm³/mol. The summed E-state index contributed by atoms with van der Waals surface area (Å²) in [6, 6.07) is 3.37. The summed E-state index contributed by atoms with van der Waals surface area (Å²) in [5.41, 5.74) is 0.677.